The van der Waals surface area contributed by atoms with Crippen molar-refractivity contribution < 1.29 is 19.8 Å². The number of rotatable bonds is 2. The second-order valence-electron chi connectivity index (χ2n) is 4.08. The van der Waals surface area contributed by atoms with Gasteiger partial charge in [0, 0.05) is 8.95 Å². The smallest absolute Gasteiger partial charge is 0.321 e. The van der Waals surface area contributed by atoms with Crippen LogP contribution in [-0.4, -0.2) is 22.2 Å². The van der Waals surface area contributed by atoms with Gasteiger partial charge in [0.2, 0.25) is 0 Å². The van der Waals surface area contributed by atoms with Crippen molar-refractivity contribution in [1.82, 2.24) is 0 Å². The molecule has 0 radical (unpaired) electrons. The molecule has 17 heavy (non-hydrogen) atoms. The van der Waals surface area contributed by atoms with Crippen molar-refractivity contribution in [3.63, 3.8) is 0 Å². The van der Waals surface area contributed by atoms with Crippen LogP contribution in [0.25, 0.3) is 0 Å². The summed E-state index contributed by atoms with van der Waals surface area (Å²) in [4.78, 5) is 22.4. The minimum absolute atomic E-state index is 0.0267. The molecule has 1 aromatic carbocycles. The molecule has 0 heterocycles. The molecule has 0 bridgehead atoms. The zero-order chi connectivity index (χ0) is 12.8. The summed E-state index contributed by atoms with van der Waals surface area (Å²) in [6.07, 6.45) is 0.0533. The third-order valence-corrected chi connectivity index (χ3v) is 4.89. The molecule has 0 saturated carbocycles. The summed E-state index contributed by atoms with van der Waals surface area (Å²) in [5.41, 5.74) is -0.183. The van der Waals surface area contributed by atoms with Gasteiger partial charge in [0.05, 0.1) is 0 Å². The first-order valence-electron chi connectivity index (χ1n) is 4.80. The Labute approximate surface area is 114 Å². The second kappa shape index (κ2) is 4.10. The van der Waals surface area contributed by atoms with Crippen LogP contribution >= 0.6 is 31.9 Å². The summed E-state index contributed by atoms with van der Waals surface area (Å²) in [6, 6.07) is 3.54. The molecule has 0 spiro atoms. The van der Waals surface area contributed by atoms with E-state index < -0.39 is 17.4 Å². The van der Waals surface area contributed by atoms with Crippen molar-refractivity contribution in [2.45, 2.75) is 12.8 Å². The maximum Gasteiger partial charge on any atom is 0.321 e. The first-order valence-corrected chi connectivity index (χ1v) is 6.39. The van der Waals surface area contributed by atoms with Gasteiger partial charge in [-0.15, -0.1) is 0 Å². The first-order chi connectivity index (χ1) is 7.86. The van der Waals surface area contributed by atoms with Gasteiger partial charge in [-0.2, -0.15) is 0 Å². The zero-order valence-electron chi connectivity index (χ0n) is 8.54. The standard InChI is InChI=1S/C11H8Br2O4/c12-7-1-5-3-11(9(14)15,10(16)17)4-6(5)2-8(7)13/h1-2H,3-4H2,(H,14,15)(H,16,17). The van der Waals surface area contributed by atoms with E-state index in [-0.39, 0.29) is 12.8 Å². The van der Waals surface area contributed by atoms with E-state index >= 15 is 0 Å². The summed E-state index contributed by atoms with van der Waals surface area (Å²) in [7, 11) is 0. The lowest BCUT2D eigenvalue weighted by atomic mass is 9.85. The summed E-state index contributed by atoms with van der Waals surface area (Å²) >= 11 is 6.64. The number of hydrogen-bond donors (Lipinski definition) is 2. The SMILES string of the molecule is O=C(O)C1(C(=O)O)Cc2cc(Br)c(Br)cc2C1. The molecular weight excluding hydrogens is 356 g/mol. The molecule has 2 rings (SSSR count). The van der Waals surface area contributed by atoms with Crippen LogP contribution in [-0.2, 0) is 22.4 Å². The van der Waals surface area contributed by atoms with E-state index in [0.717, 1.165) is 20.1 Å². The quantitative estimate of drug-likeness (QED) is 0.791. The molecule has 1 aliphatic rings. The van der Waals surface area contributed by atoms with Crippen LogP contribution in [0.15, 0.2) is 21.1 Å². The average molecular weight is 364 g/mol. The predicted octanol–water partition coefficient (Wildman–Crippen LogP) is 2.47. The molecule has 0 saturated heterocycles. The largest absolute Gasteiger partial charge is 0.480 e. The number of carbonyl (C=O) groups is 2. The molecule has 0 unspecified atom stereocenters. The maximum absolute atomic E-state index is 11.2. The van der Waals surface area contributed by atoms with Crippen molar-refractivity contribution in [2.24, 2.45) is 5.41 Å². The molecule has 0 amide bonds. The molecule has 4 nitrogen and oxygen atoms in total. The number of hydrogen-bond acceptors (Lipinski definition) is 2. The summed E-state index contributed by atoms with van der Waals surface area (Å²) in [6.45, 7) is 0. The lowest BCUT2D eigenvalue weighted by Gasteiger charge is -2.17. The van der Waals surface area contributed by atoms with E-state index in [1.165, 1.54) is 0 Å². The molecule has 90 valence electrons. The Hall–Kier alpha value is -0.880. The summed E-state index contributed by atoms with van der Waals surface area (Å²) in [5.74, 6) is -2.57. The zero-order valence-corrected chi connectivity index (χ0v) is 11.7. The van der Waals surface area contributed by atoms with Gasteiger partial charge in [-0.3, -0.25) is 9.59 Å². The van der Waals surface area contributed by atoms with E-state index in [2.05, 4.69) is 31.9 Å². The number of aliphatic carboxylic acids is 2. The third-order valence-electron chi connectivity index (χ3n) is 3.05. The van der Waals surface area contributed by atoms with Gasteiger partial charge in [0.15, 0.2) is 5.41 Å². The van der Waals surface area contributed by atoms with Crippen LogP contribution in [0, 0.1) is 5.41 Å². The van der Waals surface area contributed by atoms with Gasteiger partial charge < -0.3 is 10.2 Å². The van der Waals surface area contributed by atoms with Crippen molar-refractivity contribution in [2.75, 3.05) is 0 Å². The Kier molecular flexibility index (Phi) is 3.03. The Morgan fingerprint density at radius 1 is 1.00 bits per heavy atom. The highest BCUT2D eigenvalue weighted by atomic mass is 79.9. The fraction of sp³-hybridized carbons (Fsp3) is 0.273. The summed E-state index contributed by atoms with van der Waals surface area (Å²) < 4.78 is 1.59. The van der Waals surface area contributed by atoms with Crippen molar-refractivity contribution >= 4 is 43.8 Å². The molecular formula is C11H8Br2O4. The Morgan fingerprint density at radius 2 is 1.35 bits per heavy atom. The molecule has 0 aliphatic heterocycles. The van der Waals surface area contributed by atoms with Gasteiger partial charge in [0.1, 0.15) is 0 Å². The average Bonchev–Trinajstić information content (AvgIpc) is 2.58. The minimum atomic E-state index is -1.72. The normalized spacial score (nSPS) is 16.6. The van der Waals surface area contributed by atoms with E-state index in [4.69, 9.17) is 10.2 Å². The summed E-state index contributed by atoms with van der Waals surface area (Å²) in [5, 5.41) is 18.3. The minimum Gasteiger partial charge on any atom is -0.480 e. The topological polar surface area (TPSA) is 74.6 Å². The molecule has 0 aromatic heterocycles. The highest BCUT2D eigenvalue weighted by Gasteiger charge is 2.51. The van der Waals surface area contributed by atoms with Gasteiger partial charge in [0.25, 0.3) is 0 Å². The van der Waals surface area contributed by atoms with Crippen LogP contribution in [0.1, 0.15) is 11.1 Å². The monoisotopic (exact) mass is 362 g/mol. The lowest BCUT2D eigenvalue weighted by molar-refractivity contribution is -0.163. The highest BCUT2D eigenvalue weighted by Crippen LogP contribution is 2.41. The number of fused-ring (bicyclic) bond motifs is 1. The van der Waals surface area contributed by atoms with Crippen LogP contribution < -0.4 is 0 Å². The molecule has 0 fully saturated rings. The van der Waals surface area contributed by atoms with Crippen LogP contribution in [0.3, 0.4) is 0 Å². The fourth-order valence-electron chi connectivity index (χ4n) is 2.07. The lowest BCUT2D eigenvalue weighted by Crippen LogP contribution is -2.40. The van der Waals surface area contributed by atoms with Gasteiger partial charge in [-0.05, 0) is 68.0 Å². The predicted molar refractivity (Wildman–Crippen MR) is 67.0 cm³/mol. The molecule has 1 aromatic rings. The van der Waals surface area contributed by atoms with E-state index in [9.17, 15) is 9.59 Å². The third kappa shape index (κ3) is 1.89. The highest BCUT2D eigenvalue weighted by molar-refractivity contribution is 9.13. The second-order valence-corrected chi connectivity index (χ2v) is 5.79. The van der Waals surface area contributed by atoms with Crippen LogP contribution in [0.5, 0.6) is 0 Å². The molecule has 0 atom stereocenters. The number of carboxylic acids is 2. The van der Waals surface area contributed by atoms with Gasteiger partial charge in [-0.1, -0.05) is 0 Å². The Bertz CT molecular complexity index is 477. The van der Waals surface area contributed by atoms with Crippen LogP contribution in [0.4, 0.5) is 0 Å². The Morgan fingerprint density at radius 3 is 1.65 bits per heavy atom. The van der Waals surface area contributed by atoms with Crippen molar-refractivity contribution in [1.29, 1.82) is 0 Å². The van der Waals surface area contributed by atoms with Gasteiger partial charge in [-0.25, -0.2) is 0 Å². The number of carboxylic acid groups (broad SMARTS) is 2. The van der Waals surface area contributed by atoms with Crippen molar-refractivity contribution in [3.05, 3.63) is 32.2 Å². The van der Waals surface area contributed by atoms with E-state index in [1.54, 1.807) is 12.1 Å². The molecule has 1 aliphatic carbocycles. The van der Waals surface area contributed by atoms with Gasteiger partial charge >= 0.3 is 11.9 Å². The van der Waals surface area contributed by atoms with E-state index in [1.807, 2.05) is 0 Å². The van der Waals surface area contributed by atoms with Crippen LogP contribution in [0.2, 0.25) is 0 Å². The molecule has 6 heteroatoms. The number of benzene rings is 1. The van der Waals surface area contributed by atoms with E-state index in [0.29, 0.717) is 0 Å². The molecule has 2 N–H and O–H groups in total. The maximum atomic E-state index is 11.2. The Balaban J connectivity index is 2.50. The fourth-order valence-corrected chi connectivity index (χ4v) is 2.85. The van der Waals surface area contributed by atoms with Crippen molar-refractivity contribution in [3.8, 4) is 0 Å². The first kappa shape index (κ1) is 12.6. The number of halogens is 2.